The van der Waals surface area contributed by atoms with E-state index in [0.29, 0.717) is 36.8 Å². The van der Waals surface area contributed by atoms with Crippen LogP contribution in [0.4, 0.5) is 0 Å². The van der Waals surface area contributed by atoms with Crippen molar-refractivity contribution in [3.63, 3.8) is 0 Å². The molecule has 0 bridgehead atoms. The SMILES string of the molecule is O=C([C@@H]1CCNC[C@H]1c1ccccc1)N1CCC(O)(Cn2cnc3c(-c4ccccc4)scc3c2=O)CC1. The molecule has 2 aliphatic heterocycles. The van der Waals surface area contributed by atoms with E-state index in [2.05, 4.69) is 22.4 Å². The quantitative estimate of drug-likeness (QED) is 0.411. The van der Waals surface area contributed by atoms with Crippen LogP contribution in [0.1, 0.15) is 30.7 Å². The molecule has 0 unspecified atom stereocenters. The van der Waals surface area contributed by atoms with Crippen molar-refractivity contribution in [1.82, 2.24) is 19.8 Å². The van der Waals surface area contributed by atoms with Crippen molar-refractivity contribution in [3.8, 4) is 10.4 Å². The lowest BCUT2D eigenvalue weighted by Crippen LogP contribution is -2.52. The van der Waals surface area contributed by atoms with Crippen molar-refractivity contribution in [2.75, 3.05) is 26.2 Å². The Hall–Kier alpha value is -3.33. The van der Waals surface area contributed by atoms with Gasteiger partial charge in [-0.15, -0.1) is 11.3 Å². The lowest BCUT2D eigenvalue weighted by molar-refractivity contribution is -0.141. The summed E-state index contributed by atoms with van der Waals surface area (Å²) < 4.78 is 1.53. The summed E-state index contributed by atoms with van der Waals surface area (Å²) in [5.41, 5.74) is 1.74. The molecule has 2 N–H and O–H groups in total. The number of carbonyl (C=O) groups excluding carboxylic acids is 1. The summed E-state index contributed by atoms with van der Waals surface area (Å²) in [6, 6.07) is 20.2. The zero-order valence-electron chi connectivity index (χ0n) is 21.3. The summed E-state index contributed by atoms with van der Waals surface area (Å²) in [6.07, 6.45) is 3.23. The fourth-order valence-electron chi connectivity index (χ4n) is 5.93. The number of hydrogen-bond acceptors (Lipinski definition) is 6. The zero-order chi connectivity index (χ0) is 26.1. The minimum atomic E-state index is -1.05. The van der Waals surface area contributed by atoms with E-state index in [9.17, 15) is 14.7 Å². The number of fused-ring (bicyclic) bond motifs is 1. The number of hydrogen-bond donors (Lipinski definition) is 2. The summed E-state index contributed by atoms with van der Waals surface area (Å²) in [5, 5.41) is 17.3. The van der Waals surface area contributed by atoms with Gasteiger partial charge in [-0.3, -0.25) is 14.2 Å². The number of benzene rings is 2. The highest BCUT2D eigenvalue weighted by Crippen LogP contribution is 2.34. The van der Waals surface area contributed by atoms with Crippen molar-refractivity contribution in [3.05, 3.63) is 88.3 Å². The summed E-state index contributed by atoms with van der Waals surface area (Å²) in [7, 11) is 0. The number of piperidine rings is 2. The van der Waals surface area contributed by atoms with Crippen molar-refractivity contribution in [2.45, 2.75) is 37.3 Å². The molecule has 2 fully saturated rings. The minimum absolute atomic E-state index is 0.0588. The van der Waals surface area contributed by atoms with Gasteiger partial charge in [0.05, 0.1) is 34.3 Å². The highest BCUT2D eigenvalue weighted by Gasteiger charge is 2.39. The Kier molecular flexibility index (Phi) is 6.86. The number of aromatic nitrogens is 2. The number of likely N-dealkylation sites (tertiary alicyclic amines) is 1. The number of carbonyl (C=O) groups is 1. The number of rotatable bonds is 5. The van der Waals surface area contributed by atoms with Crippen LogP contribution in [0.5, 0.6) is 0 Å². The fourth-order valence-corrected chi connectivity index (χ4v) is 6.93. The van der Waals surface area contributed by atoms with Crippen LogP contribution in [0, 0.1) is 5.92 Å². The van der Waals surface area contributed by atoms with Crippen LogP contribution < -0.4 is 10.9 Å². The molecule has 0 spiro atoms. The normalized spacial score (nSPS) is 21.4. The average molecular weight is 529 g/mol. The first kappa shape index (κ1) is 25.0. The molecule has 2 aromatic heterocycles. The number of nitrogens with one attached hydrogen (secondary N) is 1. The first-order valence-electron chi connectivity index (χ1n) is 13.3. The van der Waals surface area contributed by atoms with Crippen LogP contribution in [-0.4, -0.2) is 57.2 Å². The summed E-state index contributed by atoms with van der Waals surface area (Å²) in [5.74, 6) is 0.270. The molecular weight excluding hydrogens is 496 g/mol. The molecule has 2 aromatic carbocycles. The highest BCUT2D eigenvalue weighted by molar-refractivity contribution is 7.15. The van der Waals surface area contributed by atoms with Gasteiger partial charge in [0.1, 0.15) is 0 Å². The van der Waals surface area contributed by atoms with Gasteiger partial charge in [0.15, 0.2) is 0 Å². The van der Waals surface area contributed by atoms with Crippen LogP contribution in [-0.2, 0) is 11.3 Å². The monoisotopic (exact) mass is 528 g/mol. The number of thiophene rings is 1. The Morgan fingerprint density at radius 2 is 1.79 bits per heavy atom. The molecular formula is C30H32N4O3S. The van der Waals surface area contributed by atoms with Gasteiger partial charge in [-0.05, 0) is 36.9 Å². The Bertz CT molecular complexity index is 1480. The largest absolute Gasteiger partial charge is 0.388 e. The van der Waals surface area contributed by atoms with Gasteiger partial charge in [-0.2, -0.15) is 0 Å². The maximum Gasteiger partial charge on any atom is 0.262 e. The molecule has 4 aromatic rings. The van der Waals surface area contributed by atoms with Gasteiger partial charge in [-0.25, -0.2) is 4.98 Å². The topological polar surface area (TPSA) is 87.5 Å². The molecule has 2 saturated heterocycles. The average Bonchev–Trinajstić information content (AvgIpc) is 3.40. The second-order valence-corrected chi connectivity index (χ2v) is 11.4. The second-order valence-electron chi connectivity index (χ2n) is 10.5. The zero-order valence-corrected chi connectivity index (χ0v) is 22.1. The standard InChI is InChI=1S/C30H32N4O3S/c35-28(23-11-14-31-17-24(23)21-7-3-1-4-8-21)33-15-12-30(37,13-16-33)19-34-20-32-26-25(29(34)36)18-38-27(26)22-9-5-2-6-10-22/h1-10,18,20,23-24,31,37H,11-17,19H2/t23-,24+/m1/s1. The van der Waals surface area contributed by atoms with Crippen LogP contribution in [0.2, 0.25) is 0 Å². The van der Waals surface area contributed by atoms with Gasteiger partial charge >= 0.3 is 0 Å². The predicted molar refractivity (Wildman–Crippen MR) is 150 cm³/mol. The molecule has 1 amide bonds. The van der Waals surface area contributed by atoms with E-state index in [0.717, 1.165) is 30.0 Å². The van der Waals surface area contributed by atoms with E-state index in [1.165, 1.54) is 21.5 Å². The van der Waals surface area contributed by atoms with Gasteiger partial charge in [0.25, 0.3) is 5.56 Å². The second kappa shape index (κ2) is 10.4. The van der Waals surface area contributed by atoms with E-state index in [4.69, 9.17) is 0 Å². The molecule has 7 nitrogen and oxygen atoms in total. The molecule has 8 heteroatoms. The van der Waals surface area contributed by atoms with Crippen LogP contribution in [0.15, 0.2) is 77.2 Å². The third-order valence-electron chi connectivity index (χ3n) is 8.12. The molecule has 0 saturated carbocycles. The van der Waals surface area contributed by atoms with E-state index in [-0.39, 0.29) is 29.8 Å². The summed E-state index contributed by atoms with van der Waals surface area (Å²) >= 11 is 1.51. The summed E-state index contributed by atoms with van der Waals surface area (Å²) in [4.78, 5) is 34.4. The molecule has 4 heterocycles. The van der Waals surface area contributed by atoms with Crippen LogP contribution in [0.3, 0.4) is 0 Å². The molecule has 0 aliphatic carbocycles. The van der Waals surface area contributed by atoms with Crippen molar-refractivity contribution in [1.29, 1.82) is 0 Å². The number of aliphatic hydroxyl groups is 1. The summed E-state index contributed by atoms with van der Waals surface area (Å²) in [6.45, 7) is 2.78. The number of amides is 1. The minimum Gasteiger partial charge on any atom is -0.388 e. The van der Waals surface area contributed by atoms with E-state index in [1.54, 1.807) is 6.33 Å². The third kappa shape index (κ3) is 4.79. The van der Waals surface area contributed by atoms with E-state index in [1.807, 2.05) is 58.8 Å². The lowest BCUT2D eigenvalue weighted by atomic mass is 9.80. The first-order chi connectivity index (χ1) is 18.5. The first-order valence-corrected chi connectivity index (χ1v) is 14.2. The van der Waals surface area contributed by atoms with Gasteiger partial charge in [0, 0.05) is 36.9 Å². The molecule has 2 aliphatic rings. The van der Waals surface area contributed by atoms with Crippen LogP contribution in [0.25, 0.3) is 21.3 Å². The maximum absolute atomic E-state index is 13.6. The van der Waals surface area contributed by atoms with Crippen molar-refractivity contribution in [2.24, 2.45) is 5.92 Å². The smallest absolute Gasteiger partial charge is 0.262 e. The maximum atomic E-state index is 13.6. The molecule has 0 radical (unpaired) electrons. The molecule has 38 heavy (non-hydrogen) atoms. The Morgan fingerprint density at radius 3 is 2.53 bits per heavy atom. The van der Waals surface area contributed by atoms with Gasteiger partial charge < -0.3 is 15.3 Å². The van der Waals surface area contributed by atoms with Crippen molar-refractivity contribution < 1.29 is 9.90 Å². The fraction of sp³-hybridized carbons (Fsp3) is 0.367. The number of nitrogens with zero attached hydrogens (tertiary/aromatic N) is 3. The predicted octanol–water partition coefficient (Wildman–Crippen LogP) is 3.87. The molecule has 6 rings (SSSR count). The Labute approximate surface area is 225 Å². The van der Waals surface area contributed by atoms with E-state index < -0.39 is 5.60 Å². The third-order valence-corrected chi connectivity index (χ3v) is 9.13. The van der Waals surface area contributed by atoms with Gasteiger partial charge in [-0.1, -0.05) is 60.7 Å². The molecule has 196 valence electrons. The highest BCUT2D eigenvalue weighted by atomic mass is 32.1. The molecule has 2 atom stereocenters. The Balaban J connectivity index is 1.15. The Morgan fingerprint density at radius 1 is 1.08 bits per heavy atom. The van der Waals surface area contributed by atoms with Gasteiger partial charge in [0.2, 0.25) is 5.91 Å². The van der Waals surface area contributed by atoms with Crippen molar-refractivity contribution >= 4 is 28.1 Å². The van der Waals surface area contributed by atoms with E-state index >= 15 is 0 Å². The lowest BCUT2D eigenvalue weighted by Gasteiger charge is -2.41. The van der Waals surface area contributed by atoms with Crippen LogP contribution >= 0.6 is 11.3 Å².